The number of nitrogens with zero attached hydrogens (tertiary/aromatic N) is 5. The molecule has 25 heavy (non-hydrogen) atoms. The maximum Gasteiger partial charge on any atom is 0.226 e. The van der Waals surface area contributed by atoms with Gasteiger partial charge in [-0.3, -0.25) is 0 Å². The number of benzene rings is 1. The smallest absolute Gasteiger partial charge is 0.226 e. The summed E-state index contributed by atoms with van der Waals surface area (Å²) in [5, 5.41) is 0. The summed E-state index contributed by atoms with van der Waals surface area (Å²) in [7, 11) is 6.09. The molecule has 1 fully saturated rings. The molecule has 1 unspecified atom stereocenters. The Morgan fingerprint density at radius 3 is 2.64 bits per heavy atom. The van der Waals surface area contributed by atoms with Gasteiger partial charge in [-0.25, -0.2) is 4.98 Å². The lowest BCUT2D eigenvalue weighted by Crippen LogP contribution is -2.35. The minimum absolute atomic E-state index is 0.509. The molecule has 0 amide bonds. The summed E-state index contributed by atoms with van der Waals surface area (Å²) in [6, 6.07) is 11.1. The minimum atomic E-state index is 0.509. The summed E-state index contributed by atoms with van der Waals surface area (Å²) in [4.78, 5) is 15.8. The van der Waals surface area contributed by atoms with Crippen molar-refractivity contribution in [3.8, 4) is 0 Å². The van der Waals surface area contributed by atoms with E-state index in [1.165, 1.54) is 12.0 Å². The Hall–Kier alpha value is -1.66. The van der Waals surface area contributed by atoms with Gasteiger partial charge in [-0.05, 0) is 36.6 Å². The van der Waals surface area contributed by atoms with Crippen LogP contribution in [0.4, 0.5) is 11.8 Å². The van der Waals surface area contributed by atoms with Crippen LogP contribution in [-0.4, -0.2) is 61.7 Å². The van der Waals surface area contributed by atoms with Crippen molar-refractivity contribution < 1.29 is 0 Å². The Morgan fingerprint density at radius 2 is 1.92 bits per heavy atom. The molecule has 1 atom stereocenters. The largest absolute Gasteiger partial charge is 0.355 e. The second kappa shape index (κ2) is 8.15. The van der Waals surface area contributed by atoms with Gasteiger partial charge in [-0.15, -0.1) is 0 Å². The molecule has 2 aromatic rings. The van der Waals surface area contributed by atoms with Crippen LogP contribution in [0.1, 0.15) is 12.0 Å². The van der Waals surface area contributed by atoms with E-state index >= 15 is 0 Å². The van der Waals surface area contributed by atoms with Gasteiger partial charge >= 0.3 is 0 Å². The maximum atomic E-state index is 4.66. The van der Waals surface area contributed by atoms with E-state index in [2.05, 4.69) is 67.0 Å². The fourth-order valence-electron chi connectivity index (χ4n) is 3.21. The second-order valence-electron chi connectivity index (χ2n) is 6.84. The third-order valence-corrected chi connectivity index (χ3v) is 5.34. The molecular formula is C19H26BrN5. The van der Waals surface area contributed by atoms with Crippen LogP contribution in [-0.2, 0) is 6.42 Å². The lowest BCUT2D eigenvalue weighted by molar-refractivity contribution is 0.338. The summed E-state index contributed by atoms with van der Waals surface area (Å²) < 4.78 is 1.14. The number of likely N-dealkylation sites (tertiary alicyclic amines) is 1. The highest BCUT2D eigenvalue weighted by atomic mass is 79.9. The van der Waals surface area contributed by atoms with Crippen LogP contribution in [0.2, 0.25) is 0 Å². The summed E-state index contributed by atoms with van der Waals surface area (Å²) >= 11 is 3.49. The van der Waals surface area contributed by atoms with Gasteiger partial charge in [0, 0.05) is 57.5 Å². The number of halogens is 1. The highest BCUT2D eigenvalue weighted by molar-refractivity contribution is 9.10. The summed E-state index contributed by atoms with van der Waals surface area (Å²) in [6.45, 7) is 3.35. The van der Waals surface area contributed by atoms with Crippen molar-refractivity contribution >= 4 is 27.7 Å². The monoisotopic (exact) mass is 403 g/mol. The average molecular weight is 404 g/mol. The van der Waals surface area contributed by atoms with Gasteiger partial charge in [0.2, 0.25) is 5.95 Å². The van der Waals surface area contributed by atoms with E-state index in [-0.39, 0.29) is 0 Å². The molecule has 2 heterocycles. The predicted molar refractivity (Wildman–Crippen MR) is 107 cm³/mol. The molecule has 6 heteroatoms. The van der Waals surface area contributed by atoms with E-state index in [1.807, 2.05) is 31.3 Å². The molecule has 0 saturated carbocycles. The molecule has 3 rings (SSSR count). The quantitative estimate of drug-likeness (QED) is 0.740. The molecule has 134 valence electrons. The fourth-order valence-corrected chi connectivity index (χ4v) is 3.47. The Morgan fingerprint density at radius 1 is 1.16 bits per heavy atom. The maximum absolute atomic E-state index is 4.66. The molecule has 0 N–H and O–H groups in total. The topological polar surface area (TPSA) is 35.5 Å². The molecular weight excluding hydrogens is 378 g/mol. The number of aromatic nitrogens is 2. The third kappa shape index (κ3) is 4.70. The first-order chi connectivity index (χ1) is 12.0. The SMILES string of the molecule is CN(C)c1nccc(N(C)C2CCN(CCc3ccc(Br)cc3)C2)n1. The van der Waals surface area contributed by atoms with E-state index in [1.54, 1.807) is 0 Å². The Bertz CT molecular complexity index is 688. The number of hydrogen-bond donors (Lipinski definition) is 0. The van der Waals surface area contributed by atoms with Crippen molar-refractivity contribution in [3.05, 3.63) is 46.6 Å². The molecule has 1 aromatic heterocycles. The zero-order valence-electron chi connectivity index (χ0n) is 15.2. The first-order valence-corrected chi connectivity index (χ1v) is 9.52. The van der Waals surface area contributed by atoms with Crippen molar-refractivity contribution in [2.45, 2.75) is 18.9 Å². The van der Waals surface area contributed by atoms with Gasteiger partial charge in [-0.2, -0.15) is 4.98 Å². The molecule has 0 spiro atoms. The van der Waals surface area contributed by atoms with Crippen LogP contribution in [0.3, 0.4) is 0 Å². The van der Waals surface area contributed by atoms with Crippen molar-refractivity contribution in [1.29, 1.82) is 0 Å². The normalized spacial score (nSPS) is 17.7. The van der Waals surface area contributed by atoms with Gasteiger partial charge < -0.3 is 14.7 Å². The van der Waals surface area contributed by atoms with Gasteiger partial charge in [0.25, 0.3) is 0 Å². The zero-order valence-corrected chi connectivity index (χ0v) is 16.8. The Kier molecular flexibility index (Phi) is 5.91. The summed E-state index contributed by atoms with van der Waals surface area (Å²) in [5.41, 5.74) is 1.39. The van der Waals surface area contributed by atoms with Crippen molar-refractivity contribution in [1.82, 2.24) is 14.9 Å². The van der Waals surface area contributed by atoms with E-state index in [4.69, 9.17) is 0 Å². The Labute approximate surface area is 158 Å². The molecule has 1 aliphatic heterocycles. The fraction of sp³-hybridized carbons (Fsp3) is 0.474. The third-order valence-electron chi connectivity index (χ3n) is 4.81. The second-order valence-corrected chi connectivity index (χ2v) is 7.76. The van der Waals surface area contributed by atoms with E-state index in [9.17, 15) is 0 Å². The van der Waals surface area contributed by atoms with Crippen molar-refractivity contribution in [3.63, 3.8) is 0 Å². The summed E-state index contributed by atoms with van der Waals surface area (Å²) in [5.74, 6) is 1.76. The van der Waals surface area contributed by atoms with Crippen molar-refractivity contribution in [2.75, 3.05) is 50.6 Å². The van der Waals surface area contributed by atoms with Gasteiger partial charge in [0.15, 0.2) is 0 Å². The van der Waals surface area contributed by atoms with Crippen LogP contribution in [0, 0.1) is 0 Å². The van der Waals surface area contributed by atoms with E-state index in [0.29, 0.717) is 6.04 Å². The van der Waals surface area contributed by atoms with Crippen molar-refractivity contribution in [2.24, 2.45) is 0 Å². The van der Waals surface area contributed by atoms with E-state index < -0.39 is 0 Å². The molecule has 1 aliphatic rings. The van der Waals surface area contributed by atoms with Gasteiger partial charge in [0.05, 0.1) is 0 Å². The van der Waals surface area contributed by atoms with Crippen LogP contribution < -0.4 is 9.80 Å². The average Bonchev–Trinajstić information content (AvgIpc) is 3.09. The number of anilines is 2. The van der Waals surface area contributed by atoms with Gasteiger partial charge in [0.1, 0.15) is 5.82 Å². The highest BCUT2D eigenvalue weighted by Gasteiger charge is 2.26. The molecule has 0 aliphatic carbocycles. The van der Waals surface area contributed by atoms with Gasteiger partial charge in [-0.1, -0.05) is 28.1 Å². The zero-order chi connectivity index (χ0) is 17.8. The van der Waals surface area contributed by atoms with Crippen LogP contribution >= 0.6 is 15.9 Å². The number of hydrogen-bond acceptors (Lipinski definition) is 5. The lowest BCUT2D eigenvalue weighted by atomic mass is 10.1. The highest BCUT2D eigenvalue weighted by Crippen LogP contribution is 2.21. The van der Waals surface area contributed by atoms with Crippen LogP contribution in [0.25, 0.3) is 0 Å². The predicted octanol–water partition coefficient (Wildman–Crippen LogP) is 3.06. The number of likely N-dealkylation sites (N-methyl/N-ethyl adjacent to an activating group) is 1. The minimum Gasteiger partial charge on any atom is -0.355 e. The first kappa shape index (κ1) is 18.1. The molecule has 5 nitrogen and oxygen atoms in total. The van der Waals surface area contributed by atoms with Crippen LogP contribution in [0.15, 0.2) is 41.0 Å². The number of rotatable bonds is 6. The molecule has 0 bridgehead atoms. The summed E-state index contributed by atoms with van der Waals surface area (Å²) in [6.07, 6.45) is 4.12. The first-order valence-electron chi connectivity index (χ1n) is 8.73. The van der Waals surface area contributed by atoms with Crippen LogP contribution in [0.5, 0.6) is 0 Å². The lowest BCUT2D eigenvalue weighted by Gasteiger charge is -2.26. The Balaban J connectivity index is 1.55. The molecule has 1 saturated heterocycles. The standard InChI is InChI=1S/C19H26BrN5/c1-23(2)19-21-11-8-18(22-19)24(3)17-10-13-25(14-17)12-9-15-4-6-16(20)7-5-15/h4-8,11,17H,9-10,12-14H2,1-3H3. The molecule has 1 aromatic carbocycles. The van der Waals surface area contributed by atoms with E-state index in [0.717, 1.165) is 42.3 Å². The molecule has 0 radical (unpaired) electrons.